The lowest BCUT2D eigenvalue weighted by atomic mass is 9.35. The number of nitrogens with zero attached hydrogens (tertiary/aromatic N) is 1. The molecular formula is C30H40N2O6. The number of aliphatic hydroxyl groups excluding tert-OH is 3. The molecule has 0 radical (unpaired) electrons. The van der Waals surface area contributed by atoms with E-state index in [2.05, 4.69) is 18.8 Å². The van der Waals surface area contributed by atoms with Crippen LogP contribution in [0.2, 0.25) is 0 Å². The van der Waals surface area contributed by atoms with Crippen molar-refractivity contribution < 1.29 is 29.9 Å². The highest BCUT2D eigenvalue weighted by molar-refractivity contribution is 5.48. The van der Waals surface area contributed by atoms with Gasteiger partial charge in [-0.05, 0) is 49.5 Å². The molecule has 1 aromatic carbocycles. The van der Waals surface area contributed by atoms with Crippen molar-refractivity contribution in [2.45, 2.75) is 94.4 Å². The molecule has 4 bridgehead atoms. The van der Waals surface area contributed by atoms with Crippen molar-refractivity contribution in [3.63, 3.8) is 0 Å². The molecule has 3 heterocycles. The Balaban J connectivity index is 1.36. The van der Waals surface area contributed by atoms with Crippen molar-refractivity contribution in [3.05, 3.63) is 53.1 Å². The Kier molecular flexibility index (Phi) is 5.38. The zero-order chi connectivity index (χ0) is 26.7. The molecule has 5 N–H and O–H groups in total. The first-order valence-corrected chi connectivity index (χ1v) is 14.3. The van der Waals surface area contributed by atoms with Crippen molar-refractivity contribution in [2.24, 2.45) is 22.7 Å². The zero-order valence-corrected chi connectivity index (χ0v) is 22.4. The first-order valence-electron chi connectivity index (χ1n) is 14.3. The van der Waals surface area contributed by atoms with E-state index in [4.69, 9.17) is 14.5 Å². The summed E-state index contributed by atoms with van der Waals surface area (Å²) in [5, 5.41) is 47.9. The van der Waals surface area contributed by atoms with Crippen LogP contribution in [-0.2, 0) is 21.3 Å². The summed E-state index contributed by atoms with van der Waals surface area (Å²) in [4.78, 5) is 8.58. The van der Waals surface area contributed by atoms with Gasteiger partial charge in [-0.2, -0.15) is 0 Å². The smallest absolute Gasteiger partial charge is 0.206 e. The van der Waals surface area contributed by atoms with Crippen LogP contribution in [0.5, 0.6) is 0 Å². The fourth-order valence-corrected chi connectivity index (χ4v) is 9.86. The first kappa shape index (κ1) is 25.2. The number of rotatable bonds is 5. The van der Waals surface area contributed by atoms with E-state index in [1.54, 1.807) is 0 Å². The van der Waals surface area contributed by atoms with Crippen molar-refractivity contribution in [1.82, 2.24) is 9.97 Å². The van der Waals surface area contributed by atoms with E-state index in [0.29, 0.717) is 25.1 Å². The Morgan fingerprint density at radius 3 is 2.61 bits per heavy atom. The molecular weight excluding hydrogens is 484 g/mol. The number of nitrogens with one attached hydrogen (secondary N) is 1. The standard InChI is InChI=1S/C30H40N2O6/c1-4-37-18(16-8-6-5-7-9-16)14-21-31-22-17-10-11-19-28-15-38-30(36,29(19,25(17)34)24(22)32-21)26(35)23(28)27(2,3)13-12-20(28)33/h5-9,17-20,23,25-26,33-36H,4,10-15H2,1-3H3,(H,31,32)/t17-,18?,19?,20-,23?,25+,26-,28+,29?,30-/m0/s1. The summed E-state index contributed by atoms with van der Waals surface area (Å²) >= 11 is 0. The number of imidazole rings is 1. The summed E-state index contributed by atoms with van der Waals surface area (Å²) in [5.41, 5.74) is 0.119. The fraction of sp³-hybridized carbons (Fsp3) is 0.700. The van der Waals surface area contributed by atoms with Gasteiger partial charge in [0.25, 0.3) is 0 Å². The summed E-state index contributed by atoms with van der Waals surface area (Å²) < 4.78 is 12.3. The van der Waals surface area contributed by atoms with Crippen LogP contribution in [0.25, 0.3) is 0 Å². The monoisotopic (exact) mass is 524 g/mol. The number of hydrogen-bond donors (Lipinski definition) is 5. The molecule has 1 aromatic heterocycles. The van der Waals surface area contributed by atoms with Crippen LogP contribution >= 0.6 is 0 Å². The molecule has 8 heteroatoms. The minimum atomic E-state index is -1.99. The molecule has 2 saturated heterocycles. The Morgan fingerprint density at radius 1 is 1.11 bits per heavy atom. The fourth-order valence-electron chi connectivity index (χ4n) is 9.86. The zero-order valence-electron chi connectivity index (χ0n) is 22.4. The molecule has 2 aliphatic heterocycles. The molecule has 2 aromatic rings. The van der Waals surface area contributed by atoms with Gasteiger partial charge in [-0.25, -0.2) is 4.98 Å². The predicted octanol–water partition coefficient (Wildman–Crippen LogP) is 2.71. The Labute approximate surface area is 223 Å². The van der Waals surface area contributed by atoms with Gasteiger partial charge in [-0.1, -0.05) is 44.2 Å². The lowest BCUT2D eigenvalue weighted by molar-refractivity contribution is -0.449. The number of ether oxygens (including phenoxy) is 2. The van der Waals surface area contributed by atoms with Gasteiger partial charge in [0, 0.05) is 36.0 Å². The first-order chi connectivity index (χ1) is 18.1. The van der Waals surface area contributed by atoms with E-state index in [1.807, 2.05) is 37.3 Å². The molecule has 5 fully saturated rings. The van der Waals surface area contributed by atoms with Crippen LogP contribution < -0.4 is 0 Å². The number of aromatic nitrogens is 2. The molecule has 2 spiro atoms. The number of H-pyrrole nitrogens is 1. The van der Waals surface area contributed by atoms with Gasteiger partial charge in [0.2, 0.25) is 5.79 Å². The number of hydrogen-bond acceptors (Lipinski definition) is 7. The Hall–Kier alpha value is -1.81. The molecule has 8 nitrogen and oxygen atoms in total. The topological polar surface area (TPSA) is 128 Å². The largest absolute Gasteiger partial charge is 0.392 e. The van der Waals surface area contributed by atoms with E-state index in [-0.39, 0.29) is 35.9 Å². The third kappa shape index (κ3) is 2.79. The summed E-state index contributed by atoms with van der Waals surface area (Å²) in [5.74, 6) is -2.12. The third-order valence-electron chi connectivity index (χ3n) is 11.2. The van der Waals surface area contributed by atoms with Crippen molar-refractivity contribution >= 4 is 0 Å². The van der Waals surface area contributed by atoms with Gasteiger partial charge < -0.3 is 34.9 Å². The van der Waals surface area contributed by atoms with Crippen molar-refractivity contribution in [2.75, 3.05) is 13.2 Å². The summed E-state index contributed by atoms with van der Waals surface area (Å²) in [6.45, 7) is 6.95. The van der Waals surface area contributed by atoms with Gasteiger partial charge in [-0.15, -0.1) is 0 Å². The minimum absolute atomic E-state index is 0.173. The SMILES string of the molecule is CCOC(Cc1nc2c([nH]1)[C@@H]1CCC3C2([C@@H]1O)[C@@]1(O)OC[C@@]32C([C@@H]1O)C(C)(C)CC[C@@H]2O)c1ccccc1. The number of aliphatic hydroxyl groups is 4. The molecule has 10 atom stereocenters. The maximum Gasteiger partial charge on any atom is 0.206 e. The average molecular weight is 525 g/mol. The lowest BCUT2D eigenvalue weighted by Crippen LogP contribution is -2.86. The molecule has 4 aliphatic carbocycles. The van der Waals surface area contributed by atoms with Gasteiger partial charge in [-0.3, -0.25) is 0 Å². The average Bonchev–Trinajstić information content (AvgIpc) is 3.35. The third-order valence-corrected chi connectivity index (χ3v) is 11.2. The van der Waals surface area contributed by atoms with E-state index in [1.165, 1.54) is 0 Å². The van der Waals surface area contributed by atoms with Crippen LogP contribution in [0.4, 0.5) is 0 Å². The normalized spacial score (nSPS) is 44.8. The molecule has 0 amide bonds. The second-order valence-electron chi connectivity index (χ2n) is 13.1. The van der Waals surface area contributed by atoms with Crippen LogP contribution in [0.3, 0.4) is 0 Å². The highest BCUT2D eigenvalue weighted by Crippen LogP contribution is 2.76. The van der Waals surface area contributed by atoms with Crippen LogP contribution in [0.15, 0.2) is 30.3 Å². The molecule has 6 aliphatic rings. The van der Waals surface area contributed by atoms with Crippen molar-refractivity contribution in [3.8, 4) is 0 Å². The van der Waals surface area contributed by atoms with Crippen LogP contribution in [-0.4, -0.2) is 67.7 Å². The van der Waals surface area contributed by atoms with E-state index in [9.17, 15) is 20.4 Å². The second kappa shape index (κ2) is 8.12. The molecule has 206 valence electrons. The van der Waals surface area contributed by atoms with E-state index >= 15 is 0 Å². The maximum atomic E-state index is 12.4. The lowest BCUT2D eigenvalue weighted by Gasteiger charge is -2.75. The van der Waals surface area contributed by atoms with Gasteiger partial charge in [0.15, 0.2) is 0 Å². The summed E-state index contributed by atoms with van der Waals surface area (Å²) in [6.07, 6.45) is 0.243. The van der Waals surface area contributed by atoms with Crippen LogP contribution in [0.1, 0.15) is 81.3 Å². The van der Waals surface area contributed by atoms with Gasteiger partial charge in [0.05, 0.1) is 30.6 Å². The Bertz CT molecular complexity index is 1230. The quantitative estimate of drug-likeness (QED) is 0.407. The molecule has 3 saturated carbocycles. The minimum Gasteiger partial charge on any atom is -0.392 e. The molecule has 8 rings (SSSR count). The highest BCUT2D eigenvalue weighted by atomic mass is 16.6. The number of aromatic amines is 1. The van der Waals surface area contributed by atoms with Crippen molar-refractivity contribution in [1.29, 1.82) is 0 Å². The maximum absolute atomic E-state index is 12.4. The second-order valence-corrected chi connectivity index (χ2v) is 13.1. The summed E-state index contributed by atoms with van der Waals surface area (Å²) in [6, 6.07) is 10.1. The van der Waals surface area contributed by atoms with Crippen LogP contribution in [0, 0.1) is 22.7 Å². The predicted molar refractivity (Wildman–Crippen MR) is 138 cm³/mol. The molecule has 4 unspecified atom stereocenters. The Morgan fingerprint density at radius 2 is 1.87 bits per heavy atom. The van der Waals surface area contributed by atoms with E-state index < -0.39 is 34.9 Å². The summed E-state index contributed by atoms with van der Waals surface area (Å²) in [7, 11) is 0. The number of benzene rings is 1. The van der Waals surface area contributed by atoms with E-state index in [0.717, 1.165) is 36.3 Å². The number of fused-ring (bicyclic) bond motifs is 4. The molecule has 38 heavy (non-hydrogen) atoms. The highest BCUT2D eigenvalue weighted by Gasteiger charge is 2.85. The van der Waals surface area contributed by atoms with Gasteiger partial charge in [0.1, 0.15) is 17.3 Å². The van der Waals surface area contributed by atoms with Gasteiger partial charge >= 0.3 is 0 Å².